The van der Waals surface area contributed by atoms with Gasteiger partial charge in [0.2, 0.25) is 5.88 Å². The lowest BCUT2D eigenvalue weighted by Crippen LogP contribution is -2.28. The van der Waals surface area contributed by atoms with E-state index in [2.05, 4.69) is 31.0 Å². The van der Waals surface area contributed by atoms with Gasteiger partial charge in [0.15, 0.2) is 0 Å². The summed E-state index contributed by atoms with van der Waals surface area (Å²) in [5, 5.41) is 0. The quantitative estimate of drug-likeness (QED) is 0.686. The van der Waals surface area contributed by atoms with Gasteiger partial charge in [0.1, 0.15) is 5.75 Å². The second-order valence-corrected chi connectivity index (χ2v) is 7.08. The van der Waals surface area contributed by atoms with Crippen LogP contribution in [-0.4, -0.2) is 9.55 Å². The Hall–Kier alpha value is -2.88. The topological polar surface area (TPSA) is 44.1 Å². The lowest BCUT2D eigenvalue weighted by atomic mass is 9.93. The molecule has 0 amide bonds. The number of hydrogen-bond donors (Lipinski definition) is 0. The van der Waals surface area contributed by atoms with Gasteiger partial charge in [-0.3, -0.25) is 4.57 Å². The van der Waals surface area contributed by atoms with Crippen LogP contribution in [-0.2, 0) is 13.0 Å². The zero-order valence-corrected chi connectivity index (χ0v) is 15.6. The molecule has 4 rings (SSSR count). The molecular weight excluding hydrogens is 324 g/mol. The van der Waals surface area contributed by atoms with E-state index in [0.717, 1.165) is 34.6 Å². The van der Waals surface area contributed by atoms with Gasteiger partial charge in [-0.15, -0.1) is 0 Å². The van der Waals surface area contributed by atoms with Crippen molar-refractivity contribution in [2.24, 2.45) is 0 Å². The van der Waals surface area contributed by atoms with E-state index in [-0.39, 0.29) is 5.69 Å². The number of ether oxygens (including phenoxy) is 1. The maximum absolute atomic E-state index is 12.6. The van der Waals surface area contributed by atoms with E-state index in [0.29, 0.717) is 12.4 Å². The Morgan fingerprint density at radius 3 is 2.38 bits per heavy atom. The third kappa shape index (κ3) is 2.71. The van der Waals surface area contributed by atoms with Crippen LogP contribution in [0.3, 0.4) is 0 Å². The Kier molecular flexibility index (Phi) is 3.91. The molecule has 0 N–H and O–H groups in total. The molecule has 0 saturated heterocycles. The Labute approximate surface area is 153 Å². The molecule has 1 aliphatic heterocycles. The van der Waals surface area contributed by atoms with Crippen molar-refractivity contribution in [1.29, 1.82) is 0 Å². The number of aryl methyl sites for hydroxylation is 5. The summed E-state index contributed by atoms with van der Waals surface area (Å²) >= 11 is 0. The van der Waals surface area contributed by atoms with Crippen LogP contribution in [0, 0.1) is 27.7 Å². The molecule has 2 aromatic carbocycles. The summed E-state index contributed by atoms with van der Waals surface area (Å²) < 4.78 is 7.78. The van der Waals surface area contributed by atoms with Crippen molar-refractivity contribution < 1.29 is 4.74 Å². The van der Waals surface area contributed by atoms with Crippen molar-refractivity contribution in [2.45, 2.75) is 40.7 Å². The van der Waals surface area contributed by atoms with Crippen LogP contribution in [0.4, 0.5) is 0 Å². The van der Waals surface area contributed by atoms with Crippen molar-refractivity contribution in [2.75, 3.05) is 0 Å². The second-order valence-electron chi connectivity index (χ2n) is 7.08. The van der Waals surface area contributed by atoms with Gasteiger partial charge >= 0.3 is 5.69 Å². The lowest BCUT2D eigenvalue weighted by Gasteiger charge is -2.23. The number of hydrogen-bond acceptors (Lipinski definition) is 3. The van der Waals surface area contributed by atoms with Crippen molar-refractivity contribution in [3.05, 3.63) is 74.7 Å². The molecule has 4 heteroatoms. The summed E-state index contributed by atoms with van der Waals surface area (Å²) in [6.45, 7) is 8.87. The minimum Gasteiger partial charge on any atom is -0.438 e. The second kappa shape index (κ2) is 6.13. The zero-order valence-electron chi connectivity index (χ0n) is 15.6. The highest BCUT2D eigenvalue weighted by Crippen LogP contribution is 2.33. The van der Waals surface area contributed by atoms with Crippen molar-refractivity contribution >= 4 is 0 Å². The average molecular weight is 346 g/mol. The molecule has 3 aromatic rings. The van der Waals surface area contributed by atoms with Gasteiger partial charge in [-0.05, 0) is 68.0 Å². The number of nitrogens with zero attached hydrogens (tertiary/aromatic N) is 2. The number of benzene rings is 2. The average Bonchev–Trinajstić information content (AvgIpc) is 2.59. The van der Waals surface area contributed by atoms with E-state index in [1.807, 2.05) is 38.1 Å². The van der Waals surface area contributed by atoms with E-state index in [4.69, 9.17) is 4.74 Å². The monoisotopic (exact) mass is 346 g/mol. The summed E-state index contributed by atoms with van der Waals surface area (Å²) in [5.74, 6) is 1.12. The first-order valence-electron chi connectivity index (χ1n) is 8.90. The molecule has 2 heterocycles. The maximum atomic E-state index is 12.6. The fourth-order valence-corrected chi connectivity index (χ4v) is 3.59. The van der Waals surface area contributed by atoms with Gasteiger partial charge in [-0.25, -0.2) is 4.79 Å². The number of aromatic nitrogens is 2. The Bertz CT molecular complexity index is 1060. The van der Waals surface area contributed by atoms with E-state index >= 15 is 0 Å². The number of fused-ring (bicyclic) bond motifs is 3. The van der Waals surface area contributed by atoms with Crippen LogP contribution >= 0.6 is 0 Å². The zero-order chi connectivity index (χ0) is 18.4. The van der Waals surface area contributed by atoms with Crippen LogP contribution in [0.15, 0.2) is 41.2 Å². The smallest absolute Gasteiger partial charge is 0.351 e. The molecule has 0 atom stereocenters. The maximum Gasteiger partial charge on any atom is 0.351 e. The molecule has 132 valence electrons. The number of rotatable bonds is 2. The van der Waals surface area contributed by atoms with Crippen LogP contribution < -0.4 is 10.4 Å². The molecular formula is C22H22N2O2. The predicted octanol–water partition coefficient (Wildman–Crippen LogP) is 4.49. The van der Waals surface area contributed by atoms with Gasteiger partial charge in [-0.1, -0.05) is 24.3 Å². The largest absolute Gasteiger partial charge is 0.438 e. The van der Waals surface area contributed by atoms with E-state index in [9.17, 15) is 4.79 Å². The van der Waals surface area contributed by atoms with Gasteiger partial charge in [0.05, 0.1) is 5.69 Å². The molecule has 0 bridgehead atoms. The lowest BCUT2D eigenvalue weighted by molar-refractivity contribution is 0.447. The van der Waals surface area contributed by atoms with E-state index in [1.54, 1.807) is 4.57 Å². The molecule has 4 nitrogen and oxygen atoms in total. The Morgan fingerprint density at radius 2 is 1.65 bits per heavy atom. The summed E-state index contributed by atoms with van der Waals surface area (Å²) in [7, 11) is 0. The summed E-state index contributed by atoms with van der Waals surface area (Å²) in [6, 6.07) is 12.3. The summed E-state index contributed by atoms with van der Waals surface area (Å²) in [4.78, 5) is 16.7. The highest BCUT2D eigenvalue weighted by Gasteiger charge is 2.20. The van der Waals surface area contributed by atoms with Crippen LogP contribution in [0.2, 0.25) is 0 Å². The van der Waals surface area contributed by atoms with Gasteiger partial charge < -0.3 is 4.74 Å². The fourth-order valence-electron chi connectivity index (χ4n) is 3.59. The first kappa shape index (κ1) is 16.6. The first-order valence-corrected chi connectivity index (χ1v) is 8.90. The van der Waals surface area contributed by atoms with E-state index in [1.165, 1.54) is 16.7 Å². The van der Waals surface area contributed by atoms with Gasteiger partial charge in [0.25, 0.3) is 0 Å². The molecule has 0 saturated carbocycles. The first-order chi connectivity index (χ1) is 12.4. The van der Waals surface area contributed by atoms with Crippen molar-refractivity contribution in [3.63, 3.8) is 0 Å². The normalized spacial score (nSPS) is 12.5. The Morgan fingerprint density at radius 1 is 0.962 bits per heavy atom. The molecule has 0 spiro atoms. The highest BCUT2D eigenvalue weighted by atomic mass is 16.5. The van der Waals surface area contributed by atoms with Crippen molar-refractivity contribution in [3.8, 4) is 22.9 Å². The summed E-state index contributed by atoms with van der Waals surface area (Å²) in [6.07, 6.45) is 0.849. The van der Waals surface area contributed by atoms with Gasteiger partial charge in [0, 0.05) is 18.2 Å². The van der Waals surface area contributed by atoms with Crippen LogP contribution in [0.1, 0.15) is 27.8 Å². The fraction of sp³-hybridized carbons (Fsp3) is 0.273. The molecule has 26 heavy (non-hydrogen) atoms. The van der Waals surface area contributed by atoms with Crippen LogP contribution in [0.25, 0.3) is 11.3 Å². The van der Waals surface area contributed by atoms with Crippen LogP contribution in [0.5, 0.6) is 11.6 Å². The van der Waals surface area contributed by atoms with E-state index < -0.39 is 0 Å². The molecule has 1 aliphatic rings. The minimum atomic E-state index is -0.257. The molecule has 0 unspecified atom stereocenters. The minimum absolute atomic E-state index is 0.257. The highest BCUT2D eigenvalue weighted by molar-refractivity contribution is 5.68. The summed E-state index contributed by atoms with van der Waals surface area (Å²) in [5.41, 5.74) is 7.55. The molecule has 0 fully saturated rings. The van der Waals surface area contributed by atoms with Gasteiger partial charge in [-0.2, -0.15) is 4.98 Å². The van der Waals surface area contributed by atoms with Crippen molar-refractivity contribution in [1.82, 2.24) is 9.55 Å². The molecule has 0 radical (unpaired) electrons. The standard InChI is InChI=1S/C22H22N2O2/c1-13-6-5-7-14(2)21(13)26-20-12-19-18-11-16(4)15(3)10-17(18)8-9-24(19)22(25)23-20/h5-7,10-12H,8-9H2,1-4H3. The molecule has 1 aromatic heterocycles. The number of para-hydroxylation sites is 1. The third-order valence-corrected chi connectivity index (χ3v) is 5.20. The molecule has 0 aliphatic carbocycles. The predicted molar refractivity (Wildman–Crippen MR) is 103 cm³/mol. The Balaban J connectivity index is 1.85. The third-order valence-electron chi connectivity index (χ3n) is 5.20. The SMILES string of the molecule is Cc1cc2c(cc1C)-c1cc(Oc3c(C)cccc3C)nc(=O)n1CC2.